The van der Waals surface area contributed by atoms with Crippen molar-refractivity contribution < 1.29 is 22.8 Å². The Morgan fingerprint density at radius 2 is 1.83 bits per heavy atom. The number of pyridine rings is 1. The van der Waals surface area contributed by atoms with E-state index in [4.69, 9.17) is 5.73 Å². The molecule has 0 spiro atoms. The number of halogens is 3. The lowest BCUT2D eigenvalue weighted by Crippen LogP contribution is -2.24. The number of alkyl halides is 3. The summed E-state index contributed by atoms with van der Waals surface area (Å²) in [5.74, 6) is -1.15. The Hall–Kier alpha value is -3.47. The number of aromatic nitrogens is 2. The number of nitrogens with two attached hydrogens (primary N) is 1. The van der Waals surface area contributed by atoms with Gasteiger partial charge in [0.15, 0.2) is 5.13 Å². The minimum Gasteiger partial charge on any atom is -0.366 e. The zero-order valence-electron chi connectivity index (χ0n) is 14.7. The third kappa shape index (κ3) is 5.29. The van der Waals surface area contributed by atoms with E-state index in [0.717, 1.165) is 12.1 Å². The second kappa shape index (κ2) is 8.27. The van der Waals surface area contributed by atoms with Gasteiger partial charge in [0.25, 0.3) is 5.91 Å². The molecule has 0 saturated heterocycles. The first-order valence-electron chi connectivity index (χ1n) is 8.15. The SMILES string of the molecule is NC(=O)c1ccnc(C(=O)NCc2cnc(Nc3ccc(C(F)(F)F)cc3)s2)c1. The van der Waals surface area contributed by atoms with Gasteiger partial charge in [-0.05, 0) is 36.4 Å². The molecule has 2 heterocycles. The second-order valence-electron chi connectivity index (χ2n) is 5.81. The smallest absolute Gasteiger partial charge is 0.366 e. The first kappa shape index (κ1) is 20.3. The Kier molecular flexibility index (Phi) is 5.78. The van der Waals surface area contributed by atoms with Gasteiger partial charge in [0.1, 0.15) is 5.69 Å². The number of primary amides is 1. The van der Waals surface area contributed by atoms with Crippen LogP contribution in [0.25, 0.3) is 0 Å². The van der Waals surface area contributed by atoms with E-state index in [0.29, 0.717) is 15.7 Å². The zero-order valence-corrected chi connectivity index (χ0v) is 15.5. The summed E-state index contributed by atoms with van der Waals surface area (Å²) in [6.07, 6.45) is -1.55. The number of thiazole rings is 1. The van der Waals surface area contributed by atoms with E-state index in [2.05, 4.69) is 20.6 Å². The summed E-state index contributed by atoms with van der Waals surface area (Å²) in [5, 5.41) is 6.01. The highest BCUT2D eigenvalue weighted by Crippen LogP contribution is 2.30. The van der Waals surface area contributed by atoms with Crippen LogP contribution in [0.5, 0.6) is 0 Å². The monoisotopic (exact) mass is 421 g/mol. The van der Waals surface area contributed by atoms with Gasteiger partial charge in [-0.3, -0.25) is 14.6 Å². The summed E-state index contributed by atoms with van der Waals surface area (Å²) in [5.41, 5.74) is 5.12. The van der Waals surface area contributed by atoms with Crippen molar-refractivity contribution in [2.45, 2.75) is 12.7 Å². The maximum absolute atomic E-state index is 12.6. The van der Waals surface area contributed by atoms with Gasteiger partial charge in [0.2, 0.25) is 5.91 Å². The van der Waals surface area contributed by atoms with Crippen molar-refractivity contribution in [3.63, 3.8) is 0 Å². The van der Waals surface area contributed by atoms with Gasteiger partial charge in [0.05, 0.1) is 12.1 Å². The molecule has 0 fully saturated rings. The molecule has 11 heteroatoms. The Labute approximate surface area is 166 Å². The molecule has 0 aliphatic carbocycles. The van der Waals surface area contributed by atoms with Crippen molar-refractivity contribution in [1.82, 2.24) is 15.3 Å². The summed E-state index contributed by atoms with van der Waals surface area (Å²) in [4.78, 5) is 32.1. The molecule has 3 rings (SSSR count). The minimum atomic E-state index is -4.39. The molecule has 0 saturated carbocycles. The van der Waals surface area contributed by atoms with Crippen LogP contribution >= 0.6 is 11.3 Å². The molecule has 0 aliphatic rings. The van der Waals surface area contributed by atoms with Crippen molar-refractivity contribution in [3.05, 3.63) is 70.5 Å². The van der Waals surface area contributed by atoms with Gasteiger partial charge in [-0.2, -0.15) is 13.2 Å². The summed E-state index contributed by atoms with van der Waals surface area (Å²) < 4.78 is 37.8. The minimum absolute atomic E-state index is 0.0499. The van der Waals surface area contributed by atoms with Crippen molar-refractivity contribution in [1.29, 1.82) is 0 Å². The number of nitrogens with one attached hydrogen (secondary N) is 2. The maximum Gasteiger partial charge on any atom is 0.416 e. The Balaban J connectivity index is 1.58. The van der Waals surface area contributed by atoms with E-state index >= 15 is 0 Å². The number of amides is 2. The van der Waals surface area contributed by atoms with E-state index in [1.54, 1.807) is 0 Å². The molecule has 0 atom stereocenters. The predicted octanol–water partition coefficient (Wildman–Crippen LogP) is 3.33. The molecule has 0 unspecified atom stereocenters. The van der Waals surface area contributed by atoms with Crippen LogP contribution in [0.3, 0.4) is 0 Å². The van der Waals surface area contributed by atoms with Crippen molar-refractivity contribution in [3.8, 4) is 0 Å². The van der Waals surface area contributed by atoms with Crippen LogP contribution in [0.4, 0.5) is 24.0 Å². The van der Waals surface area contributed by atoms with Gasteiger partial charge >= 0.3 is 6.18 Å². The third-order valence-electron chi connectivity index (χ3n) is 3.72. The van der Waals surface area contributed by atoms with E-state index in [1.807, 2.05) is 0 Å². The molecule has 0 radical (unpaired) electrons. The fourth-order valence-electron chi connectivity index (χ4n) is 2.28. The zero-order chi connectivity index (χ0) is 21.0. The van der Waals surface area contributed by atoms with E-state index < -0.39 is 23.6 Å². The number of nitrogens with zero attached hydrogens (tertiary/aromatic N) is 2. The lowest BCUT2D eigenvalue weighted by Gasteiger charge is -2.07. The van der Waals surface area contributed by atoms with E-state index in [1.165, 1.54) is 48.0 Å². The topological polar surface area (TPSA) is 110 Å². The molecule has 1 aromatic carbocycles. The standard InChI is InChI=1S/C18H14F3N5O2S/c19-18(20,21)11-1-3-12(4-2-11)26-17-25-9-13(29-17)8-24-16(28)14-7-10(15(22)27)5-6-23-14/h1-7,9H,8H2,(H2,22,27)(H,24,28)(H,25,26). The molecule has 0 aliphatic heterocycles. The summed E-state index contributed by atoms with van der Waals surface area (Å²) >= 11 is 1.23. The average Bonchev–Trinajstić information content (AvgIpc) is 3.13. The quantitative estimate of drug-likeness (QED) is 0.566. The molecular formula is C18H14F3N5O2S. The van der Waals surface area contributed by atoms with Gasteiger partial charge < -0.3 is 16.4 Å². The third-order valence-corrected chi connectivity index (χ3v) is 4.63. The highest BCUT2D eigenvalue weighted by molar-refractivity contribution is 7.15. The number of hydrogen-bond acceptors (Lipinski definition) is 6. The average molecular weight is 421 g/mol. The normalized spacial score (nSPS) is 11.1. The van der Waals surface area contributed by atoms with Crippen LogP contribution in [-0.4, -0.2) is 21.8 Å². The van der Waals surface area contributed by atoms with Crippen molar-refractivity contribution in [2.24, 2.45) is 5.73 Å². The van der Waals surface area contributed by atoms with Crippen molar-refractivity contribution >= 4 is 34.0 Å². The Morgan fingerprint density at radius 1 is 1.10 bits per heavy atom. The molecule has 2 aromatic heterocycles. The van der Waals surface area contributed by atoms with Gasteiger partial charge in [-0.15, -0.1) is 0 Å². The van der Waals surface area contributed by atoms with Gasteiger partial charge in [0, 0.05) is 28.5 Å². The molecule has 3 aromatic rings. The lowest BCUT2D eigenvalue weighted by molar-refractivity contribution is -0.137. The first-order valence-corrected chi connectivity index (χ1v) is 8.97. The molecule has 4 N–H and O–H groups in total. The Morgan fingerprint density at radius 3 is 2.48 bits per heavy atom. The first-order chi connectivity index (χ1) is 13.7. The molecule has 2 amide bonds. The molecule has 0 bridgehead atoms. The highest BCUT2D eigenvalue weighted by atomic mass is 32.1. The summed E-state index contributed by atoms with van der Waals surface area (Å²) in [6.45, 7) is 0.160. The van der Waals surface area contributed by atoms with Crippen LogP contribution in [0.15, 0.2) is 48.8 Å². The number of benzene rings is 1. The molecular weight excluding hydrogens is 407 g/mol. The lowest BCUT2D eigenvalue weighted by atomic mass is 10.2. The molecule has 29 heavy (non-hydrogen) atoms. The molecule has 150 valence electrons. The summed E-state index contributed by atoms with van der Waals surface area (Å²) in [6, 6.07) is 7.27. The maximum atomic E-state index is 12.6. The van der Waals surface area contributed by atoms with Crippen LogP contribution in [-0.2, 0) is 12.7 Å². The van der Waals surface area contributed by atoms with Crippen LogP contribution in [0.2, 0.25) is 0 Å². The molecule has 7 nitrogen and oxygen atoms in total. The van der Waals surface area contributed by atoms with Crippen LogP contribution in [0.1, 0.15) is 31.3 Å². The van der Waals surface area contributed by atoms with Gasteiger partial charge in [-0.25, -0.2) is 4.98 Å². The Bertz CT molecular complexity index is 1030. The number of hydrogen-bond donors (Lipinski definition) is 3. The van der Waals surface area contributed by atoms with Crippen LogP contribution in [0, 0.1) is 0 Å². The fourth-order valence-corrected chi connectivity index (χ4v) is 3.05. The predicted molar refractivity (Wildman–Crippen MR) is 101 cm³/mol. The summed E-state index contributed by atoms with van der Waals surface area (Å²) in [7, 11) is 0. The fraction of sp³-hybridized carbons (Fsp3) is 0.111. The highest BCUT2D eigenvalue weighted by Gasteiger charge is 2.29. The largest absolute Gasteiger partial charge is 0.416 e. The number of carbonyl (C=O) groups is 2. The van der Waals surface area contributed by atoms with Crippen LogP contribution < -0.4 is 16.4 Å². The second-order valence-corrected chi connectivity index (χ2v) is 6.92. The number of anilines is 2. The van der Waals surface area contributed by atoms with Gasteiger partial charge in [-0.1, -0.05) is 11.3 Å². The van der Waals surface area contributed by atoms with E-state index in [-0.39, 0.29) is 17.8 Å². The van der Waals surface area contributed by atoms with Crippen molar-refractivity contribution in [2.75, 3.05) is 5.32 Å². The van der Waals surface area contributed by atoms with E-state index in [9.17, 15) is 22.8 Å². The number of rotatable bonds is 6. The number of carbonyl (C=O) groups excluding carboxylic acids is 2.